The summed E-state index contributed by atoms with van der Waals surface area (Å²) >= 11 is 0. The van der Waals surface area contributed by atoms with E-state index in [2.05, 4.69) is 0 Å². The van der Waals surface area contributed by atoms with E-state index < -0.39 is 0 Å². The summed E-state index contributed by atoms with van der Waals surface area (Å²) in [6.07, 6.45) is 0.925. The van der Waals surface area contributed by atoms with Crippen LogP contribution in [0.1, 0.15) is 25.8 Å². The molecule has 2 amide bonds. The predicted octanol–water partition coefficient (Wildman–Crippen LogP) is 1.83. The first kappa shape index (κ1) is 21.4. The van der Waals surface area contributed by atoms with Gasteiger partial charge in [-0.15, -0.1) is 12.4 Å². The summed E-state index contributed by atoms with van der Waals surface area (Å²) in [7, 11) is 0. The number of nitrogens with zero attached hydrogens (tertiary/aromatic N) is 2. The van der Waals surface area contributed by atoms with Crippen molar-refractivity contribution in [1.82, 2.24) is 9.80 Å². The Labute approximate surface area is 154 Å². The van der Waals surface area contributed by atoms with E-state index in [4.69, 9.17) is 5.73 Å². The third-order valence-corrected chi connectivity index (χ3v) is 4.58. The van der Waals surface area contributed by atoms with Gasteiger partial charge in [0, 0.05) is 32.2 Å². The predicted molar refractivity (Wildman–Crippen MR) is 97.9 cm³/mol. The number of carbonyl (C=O) groups excluding carboxylic acids is 2. The Hall–Kier alpha value is -1.66. The smallest absolute Gasteiger partial charge is 0.227 e. The van der Waals surface area contributed by atoms with Crippen molar-refractivity contribution in [3.8, 4) is 0 Å². The lowest BCUT2D eigenvalue weighted by molar-refractivity contribution is -0.136. The van der Waals surface area contributed by atoms with Gasteiger partial charge < -0.3 is 15.5 Å². The van der Waals surface area contributed by atoms with Crippen LogP contribution in [-0.4, -0.2) is 53.8 Å². The Bertz CT molecular complexity index is 597. The molecule has 0 radical (unpaired) electrons. The van der Waals surface area contributed by atoms with Crippen molar-refractivity contribution < 1.29 is 14.0 Å². The van der Waals surface area contributed by atoms with Crippen molar-refractivity contribution in [2.45, 2.75) is 32.7 Å². The van der Waals surface area contributed by atoms with Gasteiger partial charge in [0.25, 0.3) is 0 Å². The number of carbonyl (C=O) groups is 2. The molecule has 25 heavy (non-hydrogen) atoms. The fourth-order valence-electron chi connectivity index (χ4n) is 2.83. The summed E-state index contributed by atoms with van der Waals surface area (Å²) < 4.78 is 13.2. The number of rotatable bonds is 4. The molecule has 0 bridgehead atoms. The van der Waals surface area contributed by atoms with Crippen molar-refractivity contribution >= 4 is 24.2 Å². The van der Waals surface area contributed by atoms with Gasteiger partial charge in [-0.05, 0) is 31.0 Å². The van der Waals surface area contributed by atoms with Crippen molar-refractivity contribution in [3.63, 3.8) is 0 Å². The molecule has 0 aliphatic carbocycles. The Morgan fingerprint density at radius 1 is 1.16 bits per heavy atom. The molecule has 2 unspecified atom stereocenters. The molecule has 140 valence electrons. The molecule has 1 aromatic carbocycles. The third-order valence-electron chi connectivity index (χ3n) is 4.58. The van der Waals surface area contributed by atoms with Gasteiger partial charge in [0.05, 0.1) is 12.3 Å². The molecule has 1 fully saturated rings. The molecule has 0 spiro atoms. The summed E-state index contributed by atoms with van der Waals surface area (Å²) in [4.78, 5) is 28.4. The highest BCUT2D eigenvalue weighted by Gasteiger charge is 2.26. The molecule has 5 nitrogen and oxygen atoms in total. The first-order valence-electron chi connectivity index (χ1n) is 8.45. The number of nitrogens with two attached hydrogens (primary N) is 1. The maximum absolute atomic E-state index is 13.2. The van der Waals surface area contributed by atoms with Crippen LogP contribution in [0.3, 0.4) is 0 Å². The van der Waals surface area contributed by atoms with Gasteiger partial charge >= 0.3 is 0 Å². The minimum Gasteiger partial charge on any atom is -0.341 e. The van der Waals surface area contributed by atoms with E-state index in [1.54, 1.807) is 21.9 Å². The number of amides is 2. The molecular weight excluding hydrogens is 345 g/mol. The number of hydrogen-bond donors (Lipinski definition) is 1. The summed E-state index contributed by atoms with van der Waals surface area (Å²) in [5, 5.41) is 0. The normalized spacial score (nSPS) is 17.3. The lowest BCUT2D eigenvalue weighted by Gasteiger charge is -2.26. The lowest BCUT2D eigenvalue weighted by Crippen LogP contribution is -2.43. The van der Waals surface area contributed by atoms with Gasteiger partial charge in [0.2, 0.25) is 11.8 Å². The van der Waals surface area contributed by atoms with E-state index in [0.717, 1.165) is 6.42 Å². The average molecular weight is 372 g/mol. The van der Waals surface area contributed by atoms with E-state index in [0.29, 0.717) is 31.7 Å². The van der Waals surface area contributed by atoms with Crippen LogP contribution >= 0.6 is 12.4 Å². The van der Waals surface area contributed by atoms with Gasteiger partial charge in [-0.3, -0.25) is 9.59 Å². The number of hydrogen-bond acceptors (Lipinski definition) is 3. The van der Waals surface area contributed by atoms with Crippen molar-refractivity contribution in [2.24, 2.45) is 11.7 Å². The van der Waals surface area contributed by atoms with Crippen LogP contribution in [0.15, 0.2) is 24.3 Å². The molecule has 2 rings (SSSR count). The first-order chi connectivity index (χ1) is 11.4. The van der Waals surface area contributed by atoms with Crippen molar-refractivity contribution in [1.29, 1.82) is 0 Å². The Morgan fingerprint density at radius 3 is 2.44 bits per heavy atom. The van der Waals surface area contributed by atoms with Gasteiger partial charge in [-0.1, -0.05) is 19.1 Å². The van der Waals surface area contributed by atoms with Crippen molar-refractivity contribution in [3.05, 3.63) is 35.6 Å². The fourth-order valence-corrected chi connectivity index (χ4v) is 2.83. The lowest BCUT2D eigenvalue weighted by atomic mass is 10.0. The van der Waals surface area contributed by atoms with Crippen LogP contribution in [-0.2, 0) is 16.0 Å². The van der Waals surface area contributed by atoms with Crippen LogP contribution in [0, 0.1) is 11.7 Å². The molecule has 0 aromatic heterocycles. The maximum Gasteiger partial charge on any atom is 0.227 e. The van der Waals surface area contributed by atoms with E-state index >= 15 is 0 Å². The fraction of sp³-hybridized carbons (Fsp3) is 0.556. The largest absolute Gasteiger partial charge is 0.341 e. The molecule has 1 aliphatic heterocycles. The van der Waals surface area contributed by atoms with Gasteiger partial charge in [0.15, 0.2) is 0 Å². The Morgan fingerprint density at radius 2 is 1.80 bits per heavy atom. The molecule has 1 aromatic rings. The highest BCUT2D eigenvalue weighted by Crippen LogP contribution is 2.12. The van der Waals surface area contributed by atoms with Crippen molar-refractivity contribution in [2.75, 3.05) is 26.2 Å². The Kier molecular flexibility index (Phi) is 8.32. The zero-order valence-corrected chi connectivity index (χ0v) is 15.6. The topological polar surface area (TPSA) is 66.6 Å². The Balaban J connectivity index is 0.00000312. The van der Waals surface area contributed by atoms with Crippen LogP contribution < -0.4 is 5.73 Å². The van der Waals surface area contributed by atoms with Crippen LogP contribution in [0.4, 0.5) is 4.39 Å². The van der Waals surface area contributed by atoms with Gasteiger partial charge in [-0.2, -0.15) is 0 Å². The summed E-state index contributed by atoms with van der Waals surface area (Å²) in [5.41, 5.74) is 6.48. The summed E-state index contributed by atoms with van der Waals surface area (Å²) in [6.45, 7) is 5.94. The first-order valence-corrected chi connectivity index (χ1v) is 8.45. The second kappa shape index (κ2) is 9.73. The minimum absolute atomic E-state index is 0. The second-order valence-electron chi connectivity index (χ2n) is 6.51. The second-order valence-corrected chi connectivity index (χ2v) is 6.51. The number of halogens is 2. The standard InChI is InChI=1S/C18H26FN3O2.ClH/c1-13(14(2)20)18(24)22-8-4-7-21(9-10-22)17(23)12-15-5-3-6-16(19)11-15;/h3,5-6,11,13-14H,4,7-10,12,20H2,1-2H3;1H. The van der Waals surface area contributed by atoms with Gasteiger partial charge in [0.1, 0.15) is 5.82 Å². The van der Waals surface area contributed by atoms with Crippen LogP contribution in [0.25, 0.3) is 0 Å². The molecular formula is C18H27ClFN3O2. The molecule has 0 saturated carbocycles. The molecule has 2 N–H and O–H groups in total. The quantitative estimate of drug-likeness (QED) is 0.878. The molecule has 1 saturated heterocycles. The average Bonchev–Trinajstić information content (AvgIpc) is 2.79. The van der Waals surface area contributed by atoms with Crippen LogP contribution in [0.5, 0.6) is 0 Å². The van der Waals surface area contributed by atoms with E-state index in [1.165, 1.54) is 12.1 Å². The molecule has 1 heterocycles. The molecule has 2 atom stereocenters. The summed E-state index contributed by atoms with van der Waals surface area (Å²) in [6, 6.07) is 5.92. The zero-order chi connectivity index (χ0) is 17.7. The maximum atomic E-state index is 13.2. The number of benzene rings is 1. The third kappa shape index (κ3) is 5.97. The van der Waals surface area contributed by atoms with E-state index in [-0.39, 0.29) is 48.4 Å². The van der Waals surface area contributed by atoms with E-state index in [1.807, 2.05) is 13.8 Å². The summed E-state index contributed by atoms with van der Waals surface area (Å²) in [5.74, 6) is -0.544. The van der Waals surface area contributed by atoms with Gasteiger partial charge in [-0.25, -0.2) is 4.39 Å². The SMILES string of the molecule is CC(N)C(C)C(=O)N1CCCN(C(=O)Cc2cccc(F)c2)CC1.Cl. The van der Waals surface area contributed by atoms with Crippen LogP contribution in [0.2, 0.25) is 0 Å². The highest BCUT2D eigenvalue weighted by atomic mass is 35.5. The molecule has 7 heteroatoms. The minimum atomic E-state index is -0.335. The zero-order valence-electron chi connectivity index (χ0n) is 14.8. The molecule has 1 aliphatic rings. The highest BCUT2D eigenvalue weighted by molar-refractivity contribution is 5.85. The van der Waals surface area contributed by atoms with E-state index in [9.17, 15) is 14.0 Å². The monoisotopic (exact) mass is 371 g/mol.